The quantitative estimate of drug-likeness (QED) is 0.904. The maximum absolute atomic E-state index is 4.48. The van der Waals surface area contributed by atoms with Crippen molar-refractivity contribution in [3.05, 3.63) is 52.3 Å². The number of likely N-dealkylation sites (N-methyl/N-ethyl adjacent to an activating group) is 1. The minimum absolute atomic E-state index is 0.311. The first kappa shape index (κ1) is 14.8. The normalized spacial score (nSPS) is 12.7. The molecule has 3 heteroatoms. The SMILES string of the molecule is CCNC(Cc1c(C)cccc1C)c1cc(C)nn1C. The monoisotopic (exact) mass is 271 g/mol. The lowest BCUT2D eigenvalue weighted by atomic mass is 9.95. The van der Waals surface area contributed by atoms with Gasteiger partial charge in [0, 0.05) is 7.05 Å². The van der Waals surface area contributed by atoms with Crippen LogP contribution in [0.3, 0.4) is 0 Å². The van der Waals surface area contributed by atoms with Gasteiger partial charge in [-0.15, -0.1) is 0 Å². The highest BCUT2D eigenvalue weighted by atomic mass is 15.3. The lowest BCUT2D eigenvalue weighted by Gasteiger charge is -2.20. The van der Waals surface area contributed by atoms with Gasteiger partial charge in [0.15, 0.2) is 0 Å². The zero-order chi connectivity index (χ0) is 14.7. The molecule has 0 aliphatic rings. The van der Waals surface area contributed by atoms with E-state index in [0.717, 1.165) is 18.7 Å². The summed E-state index contributed by atoms with van der Waals surface area (Å²) in [6.45, 7) is 9.55. The molecule has 1 aromatic carbocycles. The van der Waals surface area contributed by atoms with Crippen LogP contribution in [0.25, 0.3) is 0 Å². The highest BCUT2D eigenvalue weighted by Crippen LogP contribution is 2.23. The molecule has 0 aliphatic heterocycles. The van der Waals surface area contributed by atoms with Crippen molar-refractivity contribution < 1.29 is 0 Å². The van der Waals surface area contributed by atoms with Gasteiger partial charge in [0.2, 0.25) is 0 Å². The highest BCUT2D eigenvalue weighted by molar-refractivity contribution is 5.35. The van der Waals surface area contributed by atoms with Gasteiger partial charge in [-0.25, -0.2) is 0 Å². The van der Waals surface area contributed by atoms with E-state index in [0.29, 0.717) is 6.04 Å². The second-order valence-corrected chi connectivity index (χ2v) is 5.52. The fraction of sp³-hybridized carbons (Fsp3) is 0.471. The second kappa shape index (κ2) is 6.23. The van der Waals surface area contributed by atoms with Crippen molar-refractivity contribution in [2.75, 3.05) is 6.54 Å². The maximum Gasteiger partial charge on any atom is 0.0597 e. The summed E-state index contributed by atoms with van der Waals surface area (Å²) in [5.41, 5.74) is 6.51. The number of benzene rings is 1. The van der Waals surface area contributed by atoms with Crippen molar-refractivity contribution in [2.45, 2.75) is 40.2 Å². The van der Waals surface area contributed by atoms with E-state index < -0.39 is 0 Å². The minimum atomic E-state index is 0.311. The summed E-state index contributed by atoms with van der Waals surface area (Å²) < 4.78 is 2.00. The fourth-order valence-corrected chi connectivity index (χ4v) is 2.86. The molecule has 0 fully saturated rings. The van der Waals surface area contributed by atoms with Crippen molar-refractivity contribution in [2.24, 2.45) is 7.05 Å². The molecular weight excluding hydrogens is 246 g/mol. The van der Waals surface area contributed by atoms with Crippen LogP contribution in [0.2, 0.25) is 0 Å². The number of rotatable bonds is 5. The summed E-state index contributed by atoms with van der Waals surface area (Å²) in [6, 6.07) is 9.01. The Bertz CT molecular complexity index is 564. The van der Waals surface area contributed by atoms with Gasteiger partial charge in [0.05, 0.1) is 17.4 Å². The van der Waals surface area contributed by atoms with E-state index in [1.54, 1.807) is 0 Å². The van der Waals surface area contributed by atoms with Gasteiger partial charge in [-0.2, -0.15) is 5.10 Å². The van der Waals surface area contributed by atoms with E-state index in [4.69, 9.17) is 0 Å². The van der Waals surface area contributed by atoms with Crippen LogP contribution in [0.4, 0.5) is 0 Å². The van der Waals surface area contributed by atoms with E-state index in [9.17, 15) is 0 Å². The lowest BCUT2D eigenvalue weighted by molar-refractivity contribution is 0.506. The van der Waals surface area contributed by atoms with E-state index in [-0.39, 0.29) is 0 Å². The van der Waals surface area contributed by atoms with Crippen molar-refractivity contribution in [1.29, 1.82) is 0 Å². The van der Waals surface area contributed by atoms with Crippen LogP contribution in [0.15, 0.2) is 24.3 Å². The van der Waals surface area contributed by atoms with Gasteiger partial charge >= 0.3 is 0 Å². The van der Waals surface area contributed by atoms with Crippen molar-refractivity contribution in [3.8, 4) is 0 Å². The Labute approximate surface area is 122 Å². The molecule has 108 valence electrons. The molecule has 1 aromatic heterocycles. The first-order valence-electron chi connectivity index (χ1n) is 7.32. The number of aryl methyl sites for hydroxylation is 4. The van der Waals surface area contributed by atoms with Gasteiger partial charge in [0.25, 0.3) is 0 Å². The number of hydrogen-bond donors (Lipinski definition) is 1. The smallest absolute Gasteiger partial charge is 0.0597 e. The summed E-state index contributed by atoms with van der Waals surface area (Å²) in [4.78, 5) is 0. The molecule has 0 saturated carbocycles. The van der Waals surface area contributed by atoms with Crippen LogP contribution in [0, 0.1) is 20.8 Å². The molecule has 3 nitrogen and oxygen atoms in total. The van der Waals surface area contributed by atoms with E-state index in [1.165, 1.54) is 22.4 Å². The van der Waals surface area contributed by atoms with E-state index in [1.807, 2.05) is 18.7 Å². The Morgan fingerprint density at radius 1 is 1.20 bits per heavy atom. The summed E-state index contributed by atoms with van der Waals surface area (Å²) in [5.74, 6) is 0. The van der Waals surface area contributed by atoms with Crippen LogP contribution in [0.5, 0.6) is 0 Å². The van der Waals surface area contributed by atoms with E-state index in [2.05, 4.69) is 55.5 Å². The summed E-state index contributed by atoms with van der Waals surface area (Å²) in [7, 11) is 2.03. The van der Waals surface area contributed by atoms with Crippen molar-refractivity contribution >= 4 is 0 Å². The molecule has 0 bridgehead atoms. The Morgan fingerprint density at radius 2 is 1.85 bits per heavy atom. The van der Waals surface area contributed by atoms with E-state index >= 15 is 0 Å². The second-order valence-electron chi connectivity index (χ2n) is 5.52. The van der Waals surface area contributed by atoms with Gasteiger partial charge in [-0.1, -0.05) is 25.1 Å². The van der Waals surface area contributed by atoms with Crippen molar-refractivity contribution in [1.82, 2.24) is 15.1 Å². The first-order valence-corrected chi connectivity index (χ1v) is 7.32. The van der Waals surface area contributed by atoms with Crippen LogP contribution in [-0.4, -0.2) is 16.3 Å². The molecule has 0 radical (unpaired) electrons. The zero-order valence-corrected chi connectivity index (χ0v) is 13.2. The molecule has 2 rings (SSSR count). The molecule has 2 aromatic rings. The van der Waals surface area contributed by atoms with Crippen molar-refractivity contribution in [3.63, 3.8) is 0 Å². The lowest BCUT2D eigenvalue weighted by Crippen LogP contribution is -2.25. The van der Waals surface area contributed by atoms with Gasteiger partial charge in [-0.05, 0) is 56.5 Å². The fourth-order valence-electron chi connectivity index (χ4n) is 2.86. The number of nitrogens with zero attached hydrogens (tertiary/aromatic N) is 2. The highest BCUT2D eigenvalue weighted by Gasteiger charge is 2.17. The number of nitrogens with one attached hydrogen (secondary N) is 1. The standard InChI is InChI=1S/C17H25N3/c1-6-18-16(17-10-14(4)19-20(17)5)11-15-12(2)8-7-9-13(15)3/h7-10,16,18H,6,11H2,1-5H3. The Morgan fingerprint density at radius 3 is 2.35 bits per heavy atom. The molecule has 0 spiro atoms. The van der Waals surface area contributed by atoms with Crippen LogP contribution < -0.4 is 5.32 Å². The Hall–Kier alpha value is -1.61. The molecule has 0 aliphatic carbocycles. The van der Waals surface area contributed by atoms with Crippen LogP contribution in [0.1, 0.15) is 41.0 Å². The molecule has 20 heavy (non-hydrogen) atoms. The molecule has 1 N–H and O–H groups in total. The summed E-state index contributed by atoms with van der Waals surface area (Å²) in [6.07, 6.45) is 1.01. The molecule has 0 amide bonds. The predicted octanol–water partition coefficient (Wildman–Crippen LogP) is 3.24. The molecular formula is C17H25N3. The summed E-state index contributed by atoms with van der Waals surface area (Å²) >= 11 is 0. The topological polar surface area (TPSA) is 29.9 Å². The minimum Gasteiger partial charge on any atom is -0.309 e. The third-order valence-electron chi connectivity index (χ3n) is 3.90. The molecule has 1 atom stereocenters. The average Bonchev–Trinajstić information content (AvgIpc) is 2.72. The average molecular weight is 271 g/mol. The molecule has 0 saturated heterocycles. The van der Waals surface area contributed by atoms with Gasteiger partial charge in [0.1, 0.15) is 0 Å². The predicted molar refractivity (Wildman–Crippen MR) is 84.0 cm³/mol. The Kier molecular flexibility index (Phi) is 4.61. The molecule has 1 heterocycles. The van der Waals surface area contributed by atoms with Crippen LogP contribution >= 0.6 is 0 Å². The number of hydrogen-bond acceptors (Lipinski definition) is 2. The van der Waals surface area contributed by atoms with Gasteiger partial charge < -0.3 is 5.32 Å². The molecule has 1 unspecified atom stereocenters. The number of aromatic nitrogens is 2. The first-order chi connectivity index (χ1) is 9.52. The third kappa shape index (κ3) is 3.10. The van der Waals surface area contributed by atoms with Crippen LogP contribution in [-0.2, 0) is 13.5 Å². The maximum atomic E-state index is 4.48. The Balaban J connectivity index is 2.33. The third-order valence-corrected chi connectivity index (χ3v) is 3.90. The van der Waals surface area contributed by atoms with Gasteiger partial charge in [-0.3, -0.25) is 4.68 Å². The largest absolute Gasteiger partial charge is 0.309 e. The zero-order valence-electron chi connectivity index (χ0n) is 13.2. The summed E-state index contributed by atoms with van der Waals surface area (Å²) in [5, 5.41) is 8.07.